The maximum absolute atomic E-state index is 13.1. The molecule has 3 heterocycles. The number of anilines is 3. The maximum atomic E-state index is 13.1. The van der Waals surface area contributed by atoms with Gasteiger partial charge in [-0.15, -0.1) is 0 Å². The van der Waals surface area contributed by atoms with Crippen molar-refractivity contribution in [2.45, 2.75) is 13.5 Å². The monoisotopic (exact) mass is 723 g/mol. The molecule has 0 aliphatic rings. The number of hydrogen-bond acceptors (Lipinski definition) is 6. The van der Waals surface area contributed by atoms with E-state index in [9.17, 15) is 14.4 Å². The fraction of sp³-hybridized carbons (Fsp3) is 0.156. The van der Waals surface area contributed by atoms with E-state index in [0.717, 1.165) is 10.3 Å². The van der Waals surface area contributed by atoms with E-state index in [2.05, 4.69) is 36.5 Å². The zero-order valence-electron chi connectivity index (χ0n) is 24.9. The third kappa shape index (κ3) is 7.09. The highest BCUT2D eigenvalue weighted by atomic mass is 79.9. The number of ether oxygens (including phenoxy) is 1. The minimum absolute atomic E-state index is 0.0248. The Bertz CT molecular complexity index is 1940. The molecule has 0 aliphatic heterocycles. The fourth-order valence-electron chi connectivity index (χ4n) is 4.54. The van der Waals surface area contributed by atoms with Crippen LogP contribution < -0.4 is 25.2 Å². The number of nitrogens with one attached hydrogen (secondary N) is 2. The van der Waals surface area contributed by atoms with E-state index in [1.54, 1.807) is 81.1 Å². The van der Waals surface area contributed by atoms with Crippen molar-refractivity contribution in [1.29, 1.82) is 0 Å². The summed E-state index contributed by atoms with van der Waals surface area (Å²) in [6.45, 7) is 1.58. The quantitative estimate of drug-likeness (QED) is 0.174. The lowest BCUT2D eigenvalue weighted by molar-refractivity contribution is -0.117. The second-order valence-electron chi connectivity index (χ2n) is 10.1. The molecule has 0 spiro atoms. The molecule has 5 aromatic rings. The number of carbonyl (C=O) groups is 3. The minimum atomic E-state index is -0.627. The number of fused-ring (bicyclic) bond motifs is 1. The van der Waals surface area contributed by atoms with Crippen LogP contribution in [0.5, 0.6) is 5.75 Å². The lowest BCUT2D eigenvalue weighted by atomic mass is 10.1. The van der Waals surface area contributed by atoms with Gasteiger partial charge in [0.1, 0.15) is 11.2 Å². The van der Waals surface area contributed by atoms with Crippen molar-refractivity contribution in [3.05, 3.63) is 111 Å². The van der Waals surface area contributed by atoms with Gasteiger partial charge in [-0.3, -0.25) is 19.0 Å². The SMILES string of the molecule is Cc1nc2c(OCc3c(Cl)ccc(N(C)C(=O)CNC(=O)Nc4cccc(C(=O)N(C)c5cccnc5)c4)c3Cl)cccn2c1Br. The molecule has 0 fully saturated rings. The van der Waals surface area contributed by atoms with E-state index in [1.807, 2.05) is 23.6 Å². The summed E-state index contributed by atoms with van der Waals surface area (Å²) in [5.74, 6) is -0.181. The Morgan fingerprint density at radius 2 is 1.83 bits per heavy atom. The predicted octanol–water partition coefficient (Wildman–Crippen LogP) is 6.75. The Morgan fingerprint density at radius 1 is 1.02 bits per heavy atom. The van der Waals surface area contributed by atoms with E-state index < -0.39 is 11.9 Å². The smallest absolute Gasteiger partial charge is 0.319 e. The van der Waals surface area contributed by atoms with Crippen molar-refractivity contribution < 1.29 is 19.1 Å². The van der Waals surface area contributed by atoms with Gasteiger partial charge >= 0.3 is 6.03 Å². The number of urea groups is 1. The second kappa shape index (κ2) is 14.2. The van der Waals surface area contributed by atoms with Crippen LogP contribution in [0, 0.1) is 6.92 Å². The number of likely N-dealkylation sites (N-methyl/N-ethyl adjacent to an activating group) is 1. The topological polar surface area (TPSA) is 121 Å². The summed E-state index contributed by atoms with van der Waals surface area (Å²) in [4.78, 5) is 50.0. The molecule has 3 aromatic heterocycles. The first-order valence-electron chi connectivity index (χ1n) is 13.9. The molecule has 0 aliphatic carbocycles. The second-order valence-corrected chi connectivity index (χ2v) is 11.7. The highest BCUT2D eigenvalue weighted by Crippen LogP contribution is 2.35. The van der Waals surface area contributed by atoms with Gasteiger partial charge < -0.3 is 25.2 Å². The van der Waals surface area contributed by atoms with Gasteiger partial charge in [-0.05, 0) is 77.5 Å². The molecule has 11 nitrogen and oxygen atoms in total. The summed E-state index contributed by atoms with van der Waals surface area (Å²) in [7, 11) is 3.18. The van der Waals surface area contributed by atoms with E-state index in [4.69, 9.17) is 27.9 Å². The molecule has 5 rings (SSSR count). The molecule has 0 atom stereocenters. The summed E-state index contributed by atoms with van der Waals surface area (Å²) < 4.78 is 8.74. The molecule has 2 N–H and O–H groups in total. The first kappa shape index (κ1) is 32.7. The number of amides is 4. The molecule has 0 radical (unpaired) electrons. The van der Waals surface area contributed by atoms with E-state index >= 15 is 0 Å². The van der Waals surface area contributed by atoms with Gasteiger partial charge in [-0.2, -0.15) is 0 Å². The summed E-state index contributed by atoms with van der Waals surface area (Å²) >= 11 is 16.7. The van der Waals surface area contributed by atoms with Gasteiger partial charge in [0.25, 0.3) is 5.91 Å². The zero-order valence-corrected chi connectivity index (χ0v) is 28.0. The molecule has 0 saturated heterocycles. The molecular formula is C32H28BrCl2N7O4. The Hall–Kier alpha value is -4.65. The molecule has 0 unspecified atom stereocenters. The van der Waals surface area contributed by atoms with Gasteiger partial charge in [0.2, 0.25) is 5.91 Å². The van der Waals surface area contributed by atoms with Crippen LogP contribution in [0.25, 0.3) is 5.65 Å². The highest BCUT2D eigenvalue weighted by Gasteiger charge is 2.20. The van der Waals surface area contributed by atoms with Gasteiger partial charge in [0.15, 0.2) is 11.4 Å². The van der Waals surface area contributed by atoms with Gasteiger partial charge in [0, 0.05) is 48.3 Å². The number of hydrogen-bond donors (Lipinski definition) is 2. The van der Waals surface area contributed by atoms with Crippen molar-refractivity contribution in [2.24, 2.45) is 0 Å². The van der Waals surface area contributed by atoms with Crippen LogP contribution in [0.4, 0.5) is 21.9 Å². The molecule has 0 bridgehead atoms. The number of aryl methyl sites for hydroxylation is 1. The van der Waals surface area contributed by atoms with Crippen molar-refractivity contribution >= 4 is 79.7 Å². The maximum Gasteiger partial charge on any atom is 0.319 e. The lowest BCUT2D eigenvalue weighted by Crippen LogP contribution is -2.40. The van der Waals surface area contributed by atoms with Crippen LogP contribution in [0.15, 0.2) is 83.9 Å². The number of halogens is 3. The first-order valence-corrected chi connectivity index (χ1v) is 15.4. The van der Waals surface area contributed by atoms with Crippen LogP contribution >= 0.6 is 39.1 Å². The number of aromatic nitrogens is 3. The Balaban J connectivity index is 1.20. The third-order valence-corrected chi connectivity index (χ3v) is 8.83. The highest BCUT2D eigenvalue weighted by molar-refractivity contribution is 9.10. The molecule has 236 valence electrons. The number of carbonyl (C=O) groups excluding carboxylic acids is 3. The van der Waals surface area contributed by atoms with Gasteiger partial charge in [0.05, 0.1) is 34.8 Å². The summed E-state index contributed by atoms with van der Waals surface area (Å²) in [5, 5.41) is 5.80. The molecule has 2 aromatic carbocycles. The molecule has 0 saturated carbocycles. The molecule has 14 heteroatoms. The minimum Gasteiger partial charge on any atom is -0.485 e. The average Bonchev–Trinajstić information content (AvgIpc) is 3.36. The first-order chi connectivity index (χ1) is 22.0. The molecule has 4 amide bonds. The van der Waals surface area contributed by atoms with E-state index in [1.165, 1.54) is 9.80 Å². The van der Waals surface area contributed by atoms with Gasteiger partial charge in [-0.25, -0.2) is 9.78 Å². The average molecular weight is 725 g/mol. The lowest BCUT2D eigenvalue weighted by Gasteiger charge is -2.21. The van der Waals surface area contributed by atoms with Crippen molar-refractivity contribution in [3.63, 3.8) is 0 Å². The third-order valence-electron chi connectivity index (χ3n) is 7.09. The Kier molecular flexibility index (Phi) is 10.1. The summed E-state index contributed by atoms with van der Waals surface area (Å²) in [5.41, 5.74) is 3.68. The van der Waals surface area contributed by atoms with Gasteiger partial charge in [-0.1, -0.05) is 29.3 Å². The van der Waals surface area contributed by atoms with E-state index in [-0.39, 0.29) is 24.1 Å². The number of pyridine rings is 2. The number of imidazole rings is 1. The summed E-state index contributed by atoms with van der Waals surface area (Å²) in [6, 6.07) is 16.2. The number of rotatable bonds is 9. The van der Waals surface area contributed by atoms with Crippen LogP contribution in [-0.4, -0.2) is 52.9 Å². The van der Waals surface area contributed by atoms with Crippen LogP contribution in [-0.2, 0) is 11.4 Å². The standard InChI is InChI=1S/C32H28BrCl2N7O4/c1-19-29(33)42-14-6-10-26(30(42)38-19)46-18-23-24(34)11-12-25(28(23)35)41(3)27(43)17-37-32(45)39-21-8-4-7-20(15-21)31(44)40(2)22-9-5-13-36-16-22/h4-16H,17-18H2,1-3H3,(H2,37,39,45). The Morgan fingerprint density at radius 3 is 2.59 bits per heavy atom. The van der Waals surface area contributed by atoms with Crippen LogP contribution in [0.3, 0.4) is 0 Å². The normalized spacial score (nSPS) is 10.8. The van der Waals surface area contributed by atoms with Crippen LogP contribution in [0.2, 0.25) is 10.0 Å². The predicted molar refractivity (Wildman–Crippen MR) is 182 cm³/mol. The molecule has 46 heavy (non-hydrogen) atoms. The van der Waals surface area contributed by atoms with Crippen LogP contribution in [0.1, 0.15) is 21.6 Å². The fourth-order valence-corrected chi connectivity index (χ4v) is 5.52. The Labute approximate surface area is 283 Å². The van der Waals surface area contributed by atoms with Crippen molar-refractivity contribution in [1.82, 2.24) is 19.7 Å². The molecular weight excluding hydrogens is 697 g/mol. The number of nitrogens with zero attached hydrogens (tertiary/aromatic N) is 5. The number of benzene rings is 2. The summed E-state index contributed by atoms with van der Waals surface area (Å²) in [6.07, 6.45) is 5.07. The zero-order chi connectivity index (χ0) is 33.0. The van der Waals surface area contributed by atoms with Crippen molar-refractivity contribution in [3.8, 4) is 5.75 Å². The van der Waals surface area contributed by atoms with Crippen molar-refractivity contribution in [2.75, 3.05) is 35.8 Å². The largest absolute Gasteiger partial charge is 0.485 e. The van der Waals surface area contributed by atoms with E-state index in [0.29, 0.717) is 44.6 Å².